The van der Waals surface area contributed by atoms with Gasteiger partial charge in [-0.15, -0.1) is 0 Å². The highest BCUT2D eigenvalue weighted by Gasteiger charge is 2.81. The van der Waals surface area contributed by atoms with E-state index >= 15 is 0 Å². The van der Waals surface area contributed by atoms with Gasteiger partial charge in [0.1, 0.15) is 5.60 Å². The molecular formula is C60H98O2. The monoisotopic (exact) mass is 851 g/mol. The van der Waals surface area contributed by atoms with Gasteiger partial charge in [0.25, 0.3) is 0 Å². The van der Waals surface area contributed by atoms with E-state index < -0.39 is 0 Å². The summed E-state index contributed by atoms with van der Waals surface area (Å²) in [6.07, 6.45) is 36.2. The van der Waals surface area contributed by atoms with Crippen LogP contribution in [0.25, 0.3) is 0 Å². The summed E-state index contributed by atoms with van der Waals surface area (Å²) in [5.41, 5.74) is 3.40. The molecule has 62 heavy (non-hydrogen) atoms. The Kier molecular flexibility index (Phi) is 11.3. The number of ether oxygens (including phenoxy) is 2. The molecule has 8 fully saturated rings. The molecule has 10 rings (SSSR count). The number of hydrogen-bond acceptors (Lipinski definition) is 2. The van der Waals surface area contributed by atoms with E-state index in [1.165, 1.54) is 122 Å². The molecule has 2 heteroatoms. The van der Waals surface area contributed by atoms with Crippen LogP contribution < -0.4 is 0 Å². The van der Waals surface area contributed by atoms with Gasteiger partial charge in [-0.05, 0) is 208 Å². The van der Waals surface area contributed by atoms with Gasteiger partial charge < -0.3 is 9.47 Å². The first-order valence-electron chi connectivity index (χ1n) is 28.1. The summed E-state index contributed by atoms with van der Waals surface area (Å²) in [4.78, 5) is 0. The summed E-state index contributed by atoms with van der Waals surface area (Å²) < 4.78 is 15.7. The number of allylic oxidation sites excluding steroid dienone is 4. The summed E-state index contributed by atoms with van der Waals surface area (Å²) in [7, 11) is 0. The van der Waals surface area contributed by atoms with Gasteiger partial charge in [-0.25, -0.2) is 0 Å². The van der Waals surface area contributed by atoms with Crippen molar-refractivity contribution < 1.29 is 9.47 Å². The van der Waals surface area contributed by atoms with E-state index in [0.717, 1.165) is 71.5 Å². The molecule has 8 aliphatic carbocycles. The molecule has 0 radical (unpaired) electrons. The second-order valence-electron chi connectivity index (χ2n) is 27.6. The molecule has 6 saturated carbocycles. The fourth-order valence-electron chi connectivity index (χ4n) is 21.5. The zero-order chi connectivity index (χ0) is 44.0. The van der Waals surface area contributed by atoms with Gasteiger partial charge in [0.05, 0.1) is 6.10 Å². The maximum absolute atomic E-state index is 7.98. The average Bonchev–Trinajstić information content (AvgIpc) is 3.86. The Hall–Kier alpha value is -0.600. The van der Waals surface area contributed by atoms with Crippen molar-refractivity contribution in [1.29, 1.82) is 0 Å². The molecule has 2 heterocycles. The molecule has 2 spiro atoms. The Bertz CT molecular complexity index is 1740. The summed E-state index contributed by atoms with van der Waals surface area (Å²) in [6, 6.07) is 0. The van der Waals surface area contributed by atoms with Gasteiger partial charge in [-0.3, -0.25) is 0 Å². The number of hydrogen-bond donors (Lipinski definition) is 0. The first-order chi connectivity index (χ1) is 29.4. The van der Waals surface area contributed by atoms with Crippen LogP contribution in [0.2, 0.25) is 0 Å². The third kappa shape index (κ3) is 6.02. The van der Waals surface area contributed by atoms with Crippen molar-refractivity contribution in [3.63, 3.8) is 0 Å². The second-order valence-corrected chi connectivity index (χ2v) is 27.6. The molecule has 21 atom stereocenters. The Balaban J connectivity index is 0.932. The third-order valence-corrected chi connectivity index (χ3v) is 25.4. The molecule has 0 N–H and O–H groups in total. The number of rotatable bonds is 12. The van der Waals surface area contributed by atoms with E-state index in [0.29, 0.717) is 39.9 Å². The Morgan fingerprint density at radius 3 is 1.94 bits per heavy atom. The summed E-state index contributed by atoms with van der Waals surface area (Å²) >= 11 is 0. The van der Waals surface area contributed by atoms with Crippen LogP contribution in [0.1, 0.15) is 218 Å². The second kappa shape index (κ2) is 15.5. The lowest BCUT2D eigenvalue weighted by atomic mass is 9.35. The van der Waals surface area contributed by atoms with E-state index in [4.69, 9.17) is 9.47 Å². The Morgan fingerprint density at radius 2 is 1.26 bits per heavy atom. The molecule has 0 aromatic rings. The molecule has 10 aliphatic rings. The maximum Gasteiger partial charge on any atom is 0.172 e. The van der Waals surface area contributed by atoms with Crippen LogP contribution in [0.4, 0.5) is 0 Å². The highest BCUT2D eigenvalue weighted by Crippen LogP contribution is 2.81. The van der Waals surface area contributed by atoms with E-state index in [1.807, 2.05) is 5.57 Å². The molecule has 0 aromatic heterocycles. The van der Waals surface area contributed by atoms with Crippen molar-refractivity contribution >= 4 is 0 Å². The largest absolute Gasteiger partial charge is 0.343 e. The Morgan fingerprint density at radius 1 is 0.613 bits per heavy atom. The summed E-state index contributed by atoms with van der Waals surface area (Å²) in [5.74, 6) is 11.5. The molecule has 0 amide bonds. The van der Waals surface area contributed by atoms with Crippen LogP contribution in [0, 0.1) is 116 Å². The highest BCUT2D eigenvalue weighted by molar-refractivity contribution is 5.34. The zero-order valence-electron chi connectivity index (χ0n) is 42.9. The fraction of sp³-hybridized carbons (Fsp3) is 0.933. The smallest absolute Gasteiger partial charge is 0.172 e. The van der Waals surface area contributed by atoms with Crippen molar-refractivity contribution in [1.82, 2.24) is 0 Å². The molecular weight excluding hydrogens is 753 g/mol. The van der Waals surface area contributed by atoms with Gasteiger partial charge in [0, 0.05) is 17.8 Å². The van der Waals surface area contributed by atoms with E-state index in [2.05, 4.69) is 108 Å². The SMILES string of the molecule is CC[C@H](CC[C@@H](C)[C@H]1CCC2C=C3CC[C@@]45CC6C7CC[C@@H]8[C@H](C=CC9CC[C@@H]([C@H](C)CC[C@@H](CC)C(C)C)[C@@]98C)[C@@]7(C)CC[C@@]67O[C@@H](CC[C@]4(C)[C@H]3C[C@@]21C)[C@]5(C)O7)C(C)C. The predicted molar refractivity (Wildman–Crippen MR) is 259 cm³/mol. The summed E-state index contributed by atoms with van der Waals surface area (Å²) in [5, 5.41) is 0. The molecule has 4 unspecified atom stereocenters. The van der Waals surface area contributed by atoms with Gasteiger partial charge in [-0.2, -0.15) is 0 Å². The molecule has 2 saturated heterocycles. The predicted octanol–water partition coefficient (Wildman–Crippen LogP) is 16.7. The topological polar surface area (TPSA) is 18.5 Å². The van der Waals surface area contributed by atoms with Crippen molar-refractivity contribution in [3.8, 4) is 0 Å². The van der Waals surface area contributed by atoms with Crippen LogP contribution in [0.3, 0.4) is 0 Å². The average molecular weight is 851 g/mol. The van der Waals surface area contributed by atoms with Crippen molar-refractivity contribution in [2.45, 2.75) is 236 Å². The lowest BCUT2D eigenvalue weighted by molar-refractivity contribution is -0.343. The van der Waals surface area contributed by atoms with Gasteiger partial charge in [0.15, 0.2) is 5.79 Å². The normalized spacial score (nSPS) is 52.8. The third-order valence-electron chi connectivity index (χ3n) is 25.4. The van der Waals surface area contributed by atoms with Crippen LogP contribution in [0.5, 0.6) is 0 Å². The first-order valence-corrected chi connectivity index (χ1v) is 28.1. The zero-order valence-corrected chi connectivity index (χ0v) is 42.9. The van der Waals surface area contributed by atoms with Crippen LogP contribution in [0.15, 0.2) is 23.8 Å². The highest BCUT2D eigenvalue weighted by atomic mass is 16.8. The lowest BCUT2D eigenvalue weighted by Gasteiger charge is -2.72. The maximum atomic E-state index is 7.98. The van der Waals surface area contributed by atoms with E-state index in [-0.39, 0.29) is 28.3 Å². The molecule has 0 aromatic carbocycles. The quantitative estimate of drug-likeness (QED) is 0.182. The Labute approximate surface area is 383 Å². The fourth-order valence-corrected chi connectivity index (χ4v) is 21.5. The van der Waals surface area contributed by atoms with E-state index in [9.17, 15) is 0 Å². The van der Waals surface area contributed by atoms with Gasteiger partial charge in [-0.1, -0.05) is 133 Å². The van der Waals surface area contributed by atoms with Gasteiger partial charge >= 0.3 is 0 Å². The minimum Gasteiger partial charge on any atom is -0.343 e. The molecule has 2 aliphatic heterocycles. The van der Waals surface area contributed by atoms with Crippen molar-refractivity contribution in [3.05, 3.63) is 23.8 Å². The van der Waals surface area contributed by atoms with Crippen molar-refractivity contribution in [2.75, 3.05) is 0 Å². The minimum absolute atomic E-state index is 0.163. The molecule has 350 valence electrons. The lowest BCUT2D eigenvalue weighted by Crippen LogP contribution is -2.72. The first kappa shape index (κ1) is 45.2. The van der Waals surface area contributed by atoms with Crippen LogP contribution in [-0.2, 0) is 9.47 Å². The molecule has 2 bridgehead atoms. The van der Waals surface area contributed by atoms with Gasteiger partial charge in [0.2, 0.25) is 0 Å². The van der Waals surface area contributed by atoms with Crippen LogP contribution in [-0.4, -0.2) is 17.5 Å². The molecule has 2 nitrogen and oxygen atoms in total. The van der Waals surface area contributed by atoms with Crippen LogP contribution >= 0.6 is 0 Å². The summed E-state index contributed by atoms with van der Waals surface area (Å²) in [6.45, 7) is 34.0. The van der Waals surface area contributed by atoms with E-state index in [1.54, 1.807) is 0 Å². The standard InChI is InChI=1S/C60H98O2/c1-14-41(37(3)4)18-16-39(7)46-23-22-45-34-43-28-31-59-36-52-49-26-27-50-48(25-21-44-20-24-47(57(44,50)12)40(8)17-19-42(15-2)38(5)6)54(49,9)32-33-60(52)61-53(58(59,13)62-60)29-30-56(59,11)51(43)35-55(45,46)10/h21,25,34,37-42,44-53H,14-20,22-24,26-33,35-36H2,1-13H3/t39-,40-,41-,42-,44?,45?,46-,47+,48+,49?,50-,51+,52?,53+,54-,55+,56-,57-,58+,59-,60+/m1/s1. The van der Waals surface area contributed by atoms with Crippen molar-refractivity contribution in [2.24, 2.45) is 116 Å². The number of fused-ring (bicyclic) bond motifs is 9. The minimum atomic E-state index is -0.355.